The Morgan fingerprint density at radius 2 is 2.17 bits per heavy atom. The van der Waals surface area contributed by atoms with E-state index in [9.17, 15) is 0 Å². The first kappa shape index (κ1) is 9.71. The van der Waals surface area contributed by atoms with Crippen LogP contribution in [0, 0.1) is 6.92 Å². The monoisotopic (exact) mass is 184 g/mol. The van der Waals surface area contributed by atoms with E-state index in [4.69, 9.17) is 0 Å². The van der Waals surface area contributed by atoms with E-state index in [1.54, 1.807) is 0 Å². The Balaban J connectivity index is 2.15. The summed E-state index contributed by atoms with van der Waals surface area (Å²) in [6, 6.07) is 4.35. The third-order valence-corrected chi connectivity index (χ3v) is 2.65. The van der Waals surface area contributed by atoms with Crippen molar-refractivity contribution < 1.29 is 0 Å². The minimum Gasteiger partial charge on any atom is -0.318 e. The molecule has 3 heteroatoms. The van der Waals surface area contributed by atoms with E-state index in [2.05, 4.69) is 29.7 Å². The molecule has 2 nitrogen and oxygen atoms in total. The largest absolute Gasteiger partial charge is 0.318 e. The standard InChI is InChI=1S/C9H16N2S/c1-8-3-4-9(12-8)7-11-6-5-10-2/h3-4,10-11H,5-7H2,1-2H3. The quantitative estimate of drug-likeness (QED) is 0.675. The van der Waals surface area contributed by atoms with Gasteiger partial charge >= 0.3 is 0 Å². The van der Waals surface area contributed by atoms with Gasteiger partial charge in [0.05, 0.1) is 0 Å². The fourth-order valence-electron chi connectivity index (χ4n) is 1.01. The fraction of sp³-hybridized carbons (Fsp3) is 0.556. The maximum Gasteiger partial charge on any atom is 0.0300 e. The molecule has 1 aromatic rings. The van der Waals surface area contributed by atoms with Gasteiger partial charge in [0, 0.05) is 29.4 Å². The molecular weight excluding hydrogens is 168 g/mol. The highest BCUT2D eigenvalue weighted by Crippen LogP contribution is 2.13. The van der Waals surface area contributed by atoms with Crippen LogP contribution in [0.25, 0.3) is 0 Å². The Morgan fingerprint density at radius 3 is 2.75 bits per heavy atom. The topological polar surface area (TPSA) is 24.1 Å². The lowest BCUT2D eigenvalue weighted by molar-refractivity contribution is 0.655. The van der Waals surface area contributed by atoms with Crippen LogP contribution >= 0.6 is 11.3 Å². The molecule has 1 rings (SSSR count). The van der Waals surface area contributed by atoms with Crippen LogP contribution in [0.5, 0.6) is 0 Å². The van der Waals surface area contributed by atoms with Gasteiger partial charge in [-0.1, -0.05) is 0 Å². The van der Waals surface area contributed by atoms with Gasteiger partial charge in [0.15, 0.2) is 0 Å². The molecule has 12 heavy (non-hydrogen) atoms. The van der Waals surface area contributed by atoms with Crippen LogP contribution in [0.2, 0.25) is 0 Å². The van der Waals surface area contributed by atoms with Crippen LogP contribution in [0.3, 0.4) is 0 Å². The lowest BCUT2D eigenvalue weighted by Crippen LogP contribution is -2.24. The van der Waals surface area contributed by atoms with Crippen LogP contribution < -0.4 is 10.6 Å². The molecule has 0 fully saturated rings. The average molecular weight is 184 g/mol. The number of aryl methyl sites for hydroxylation is 1. The van der Waals surface area contributed by atoms with Crippen LogP contribution in [0.1, 0.15) is 9.75 Å². The Hall–Kier alpha value is -0.380. The molecule has 2 N–H and O–H groups in total. The first-order valence-electron chi connectivity index (χ1n) is 4.23. The summed E-state index contributed by atoms with van der Waals surface area (Å²) in [5.41, 5.74) is 0. The van der Waals surface area contributed by atoms with E-state index < -0.39 is 0 Å². The second-order valence-corrected chi connectivity index (χ2v) is 4.17. The van der Waals surface area contributed by atoms with Crippen LogP contribution in [0.15, 0.2) is 12.1 Å². The molecule has 0 radical (unpaired) electrons. The summed E-state index contributed by atoms with van der Waals surface area (Å²) in [6.45, 7) is 5.21. The van der Waals surface area contributed by atoms with Crippen LogP contribution in [-0.4, -0.2) is 20.1 Å². The zero-order valence-corrected chi connectivity index (χ0v) is 8.50. The summed E-state index contributed by atoms with van der Waals surface area (Å²) in [5, 5.41) is 6.46. The Labute approximate surface area is 78.0 Å². The molecule has 0 atom stereocenters. The van der Waals surface area contributed by atoms with Crippen molar-refractivity contribution in [2.45, 2.75) is 13.5 Å². The number of rotatable bonds is 5. The summed E-state index contributed by atoms with van der Waals surface area (Å²) in [7, 11) is 1.97. The zero-order valence-electron chi connectivity index (χ0n) is 7.68. The second kappa shape index (κ2) is 5.30. The molecule has 0 spiro atoms. The van der Waals surface area contributed by atoms with Gasteiger partial charge < -0.3 is 10.6 Å². The van der Waals surface area contributed by atoms with Crippen molar-refractivity contribution in [3.63, 3.8) is 0 Å². The lowest BCUT2D eigenvalue weighted by atomic mass is 10.4. The highest BCUT2D eigenvalue weighted by atomic mass is 32.1. The average Bonchev–Trinajstić information content (AvgIpc) is 2.45. The van der Waals surface area contributed by atoms with Gasteiger partial charge in [0.1, 0.15) is 0 Å². The summed E-state index contributed by atoms with van der Waals surface area (Å²) in [4.78, 5) is 2.81. The molecule has 0 amide bonds. The SMILES string of the molecule is CNCCNCc1ccc(C)s1. The number of nitrogens with one attached hydrogen (secondary N) is 2. The normalized spacial score (nSPS) is 10.5. The van der Waals surface area contributed by atoms with Crippen LogP contribution in [-0.2, 0) is 6.54 Å². The summed E-state index contributed by atoms with van der Waals surface area (Å²) in [6.07, 6.45) is 0. The molecule has 0 saturated heterocycles. The molecular formula is C9H16N2S. The molecule has 0 aliphatic rings. The number of likely N-dealkylation sites (N-methyl/N-ethyl adjacent to an activating group) is 1. The molecule has 0 unspecified atom stereocenters. The van der Waals surface area contributed by atoms with Gasteiger partial charge in [0.2, 0.25) is 0 Å². The summed E-state index contributed by atoms with van der Waals surface area (Å²) in [5.74, 6) is 0. The van der Waals surface area contributed by atoms with Crippen molar-refractivity contribution in [1.29, 1.82) is 0 Å². The second-order valence-electron chi connectivity index (χ2n) is 2.79. The third-order valence-electron chi connectivity index (χ3n) is 1.65. The highest BCUT2D eigenvalue weighted by Gasteiger charge is 1.94. The maximum absolute atomic E-state index is 3.36. The number of thiophene rings is 1. The van der Waals surface area contributed by atoms with E-state index in [0.717, 1.165) is 19.6 Å². The molecule has 0 aromatic carbocycles. The molecule has 68 valence electrons. The van der Waals surface area contributed by atoms with Crippen molar-refractivity contribution in [2.75, 3.05) is 20.1 Å². The number of hydrogen-bond donors (Lipinski definition) is 2. The van der Waals surface area contributed by atoms with Crippen molar-refractivity contribution in [2.24, 2.45) is 0 Å². The van der Waals surface area contributed by atoms with Crippen molar-refractivity contribution in [3.05, 3.63) is 21.9 Å². The Morgan fingerprint density at radius 1 is 1.33 bits per heavy atom. The van der Waals surface area contributed by atoms with Crippen molar-refractivity contribution in [3.8, 4) is 0 Å². The van der Waals surface area contributed by atoms with Gasteiger partial charge in [-0.05, 0) is 26.1 Å². The Bertz CT molecular complexity index is 220. The lowest BCUT2D eigenvalue weighted by Gasteiger charge is -2.00. The van der Waals surface area contributed by atoms with Crippen molar-refractivity contribution >= 4 is 11.3 Å². The third kappa shape index (κ3) is 3.34. The van der Waals surface area contributed by atoms with Gasteiger partial charge in [-0.15, -0.1) is 11.3 Å². The Kier molecular flexibility index (Phi) is 4.29. The predicted octanol–water partition coefficient (Wildman–Crippen LogP) is 1.37. The molecule has 0 bridgehead atoms. The van der Waals surface area contributed by atoms with Crippen LogP contribution in [0.4, 0.5) is 0 Å². The summed E-state index contributed by atoms with van der Waals surface area (Å²) >= 11 is 1.86. The van der Waals surface area contributed by atoms with Gasteiger partial charge in [-0.25, -0.2) is 0 Å². The van der Waals surface area contributed by atoms with E-state index >= 15 is 0 Å². The van der Waals surface area contributed by atoms with Crippen molar-refractivity contribution in [1.82, 2.24) is 10.6 Å². The maximum atomic E-state index is 3.36. The first-order chi connectivity index (χ1) is 5.83. The van der Waals surface area contributed by atoms with E-state index in [-0.39, 0.29) is 0 Å². The van der Waals surface area contributed by atoms with Gasteiger partial charge in [-0.3, -0.25) is 0 Å². The minimum atomic E-state index is 1.00. The predicted molar refractivity (Wildman–Crippen MR) is 54.7 cm³/mol. The minimum absolute atomic E-state index is 1.00. The highest BCUT2D eigenvalue weighted by molar-refractivity contribution is 7.11. The molecule has 0 aliphatic heterocycles. The number of hydrogen-bond acceptors (Lipinski definition) is 3. The molecule has 0 aliphatic carbocycles. The first-order valence-corrected chi connectivity index (χ1v) is 5.05. The molecule has 1 aromatic heterocycles. The van der Waals surface area contributed by atoms with E-state index in [0.29, 0.717) is 0 Å². The fourth-order valence-corrected chi connectivity index (χ4v) is 1.87. The van der Waals surface area contributed by atoms with Gasteiger partial charge in [-0.2, -0.15) is 0 Å². The molecule has 1 heterocycles. The van der Waals surface area contributed by atoms with E-state index in [1.165, 1.54) is 9.75 Å². The smallest absolute Gasteiger partial charge is 0.0300 e. The zero-order chi connectivity index (χ0) is 8.81. The summed E-state index contributed by atoms with van der Waals surface area (Å²) < 4.78 is 0. The van der Waals surface area contributed by atoms with Gasteiger partial charge in [0.25, 0.3) is 0 Å². The van der Waals surface area contributed by atoms with E-state index in [1.807, 2.05) is 18.4 Å². The molecule has 0 saturated carbocycles.